The third-order valence-corrected chi connectivity index (χ3v) is 7.21. The molecule has 0 aliphatic carbocycles. The Hall–Kier alpha value is -4.77. The van der Waals surface area contributed by atoms with E-state index in [0.29, 0.717) is 39.7 Å². The number of benzene rings is 2. The monoisotopic (exact) mass is 578 g/mol. The van der Waals surface area contributed by atoms with E-state index in [2.05, 4.69) is 41.8 Å². The molecule has 14 heteroatoms. The SMILES string of the molecule is C#CCN(Cc1cc2c(=O)[nH]c(C)nc2cc1C)c1ccc(C(=O)N[C@@H](CCCSc2nn[nH]n2)C(=O)O)c(F)c1. The van der Waals surface area contributed by atoms with Gasteiger partial charge in [-0.1, -0.05) is 17.7 Å². The lowest BCUT2D eigenvalue weighted by atomic mass is 10.0. The summed E-state index contributed by atoms with van der Waals surface area (Å²) in [7, 11) is 0. The van der Waals surface area contributed by atoms with Crippen LogP contribution < -0.4 is 15.8 Å². The minimum absolute atomic E-state index is 0.130. The Balaban J connectivity index is 1.47. The first-order valence-corrected chi connectivity index (χ1v) is 13.5. The summed E-state index contributed by atoms with van der Waals surface area (Å²) in [6, 6.07) is 6.36. The number of carbonyl (C=O) groups is 2. The number of aromatic nitrogens is 6. The predicted molar refractivity (Wildman–Crippen MR) is 151 cm³/mol. The van der Waals surface area contributed by atoms with Gasteiger partial charge in [-0.05, 0) is 73.4 Å². The molecule has 0 aliphatic heterocycles. The number of terminal acetylenes is 1. The van der Waals surface area contributed by atoms with Crippen molar-refractivity contribution in [3.63, 3.8) is 0 Å². The van der Waals surface area contributed by atoms with Gasteiger partial charge in [-0.25, -0.2) is 14.2 Å². The summed E-state index contributed by atoms with van der Waals surface area (Å²) >= 11 is 1.29. The van der Waals surface area contributed by atoms with Crippen molar-refractivity contribution >= 4 is 40.2 Å². The zero-order chi connectivity index (χ0) is 29.5. The summed E-state index contributed by atoms with van der Waals surface area (Å²) in [5.74, 6) is 0.675. The molecule has 4 aromatic rings. The van der Waals surface area contributed by atoms with E-state index in [1.807, 2.05) is 13.0 Å². The van der Waals surface area contributed by atoms with E-state index in [1.54, 1.807) is 24.0 Å². The molecule has 2 aromatic carbocycles. The average Bonchev–Trinajstić information content (AvgIpc) is 3.44. The van der Waals surface area contributed by atoms with Crippen LogP contribution in [0.4, 0.5) is 10.1 Å². The highest BCUT2D eigenvalue weighted by Gasteiger charge is 2.23. The molecule has 2 aromatic heterocycles. The molecule has 0 unspecified atom stereocenters. The van der Waals surface area contributed by atoms with Crippen molar-refractivity contribution in [2.24, 2.45) is 0 Å². The van der Waals surface area contributed by atoms with Crippen LogP contribution in [0.5, 0.6) is 0 Å². The van der Waals surface area contributed by atoms with Gasteiger partial charge in [0.1, 0.15) is 17.7 Å². The lowest BCUT2D eigenvalue weighted by Crippen LogP contribution is -2.41. The van der Waals surface area contributed by atoms with Crippen molar-refractivity contribution in [1.29, 1.82) is 0 Å². The lowest BCUT2D eigenvalue weighted by molar-refractivity contribution is -0.139. The number of halogens is 1. The van der Waals surface area contributed by atoms with Gasteiger partial charge in [-0.15, -0.1) is 16.6 Å². The van der Waals surface area contributed by atoms with Crippen LogP contribution in [-0.2, 0) is 11.3 Å². The van der Waals surface area contributed by atoms with E-state index in [1.165, 1.54) is 23.9 Å². The number of tetrazole rings is 1. The smallest absolute Gasteiger partial charge is 0.326 e. The normalized spacial score (nSPS) is 11.7. The molecule has 0 saturated carbocycles. The largest absolute Gasteiger partial charge is 0.480 e. The lowest BCUT2D eigenvalue weighted by Gasteiger charge is -2.24. The number of aryl methyl sites for hydroxylation is 2. The average molecular weight is 579 g/mol. The number of rotatable bonds is 12. The standard InChI is InChI=1S/C27H27FN8O4S/c1-4-9-36(14-17-12-20-23(11-15(17)2)29-16(3)30-25(20)38)18-7-8-19(21(28)13-18)24(37)31-22(26(39)40)6-5-10-41-27-32-34-35-33-27/h1,7-8,11-13,22H,5-6,9-10,14H2,2-3H3,(H,31,37)(H,39,40)(H,29,30,38)(H,32,33,34,35)/t22-/m0/s1. The molecule has 0 aliphatic rings. The molecule has 0 bridgehead atoms. The fourth-order valence-electron chi connectivity index (χ4n) is 4.22. The molecule has 41 heavy (non-hydrogen) atoms. The van der Waals surface area contributed by atoms with E-state index in [-0.39, 0.29) is 30.6 Å². The number of hydrogen-bond acceptors (Lipinski definition) is 9. The molecular formula is C27H27FN8O4S. The van der Waals surface area contributed by atoms with Crippen molar-refractivity contribution in [1.82, 2.24) is 35.9 Å². The van der Waals surface area contributed by atoms with Gasteiger partial charge in [0.25, 0.3) is 11.5 Å². The molecule has 12 nitrogen and oxygen atoms in total. The van der Waals surface area contributed by atoms with Crippen LogP contribution in [0.15, 0.2) is 40.3 Å². The van der Waals surface area contributed by atoms with E-state index in [0.717, 1.165) is 11.1 Å². The van der Waals surface area contributed by atoms with Gasteiger partial charge in [0.15, 0.2) is 0 Å². The van der Waals surface area contributed by atoms with Gasteiger partial charge in [-0.3, -0.25) is 9.59 Å². The fourth-order valence-corrected chi connectivity index (χ4v) is 4.92. The quantitative estimate of drug-likeness (QED) is 0.111. The first kappa shape index (κ1) is 29.2. The number of aliphatic carboxylic acids is 1. The first-order valence-electron chi connectivity index (χ1n) is 12.5. The number of carbonyl (C=O) groups excluding carboxylic acids is 1. The molecule has 1 amide bonds. The number of amides is 1. The second kappa shape index (κ2) is 13.1. The fraction of sp³-hybridized carbons (Fsp3) is 0.296. The third-order valence-electron chi connectivity index (χ3n) is 6.28. The van der Waals surface area contributed by atoms with Gasteiger partial charge in [0.05, 0.1) is 23.0 Å². The second-order valence-corrected chi connectivity index (χ2v) is 10.3. The Morgan fingerprint density at radius 3 is 2.76 bits per heavy atom. The molecule has 0 saturated heterocycles. The van der Waals surface area contributed by atoms with Gasteiger partial charge in [0, 0.05) is 18.0 Å². The maximum atomic E-state index is 15.2. The minimum Gasteiger partial charge on any atom is -0.480 e. The number of fused-ring (bicyclic) bond motifs is 1. The minimum atomic E-state index is -1.23. The molecule has 0 spiro atoms. The molecule has 2 heterocycles. The Labute approximate surface area is 238 Å². The number of nitrogens with zero attached hydrogens (tertiary/aromatic N) is 5. The van der Waals surface area contributed by atoms with Crippen molar-refractivity contribution in [3.05, 3.63) is 69.0 Å². The molecule has 212 valence electrons. The van der Waals surface area contributed by atoms with Gasteiger partial charge >= 0.3 is 5.97 Å². The molecule has 0 radical (unpaired) electrons. The first-order chi connectivity index (χ1) is 19.7. The molecule has 4 rings (SSSR count). The Bertz CT molecular complexity index is 1670. The Kier molecular flexibility index (Phi) is 9.30. The number of anilines is 1. The van der Waals surface area contributed by atoms with Crippen LogP contribution in [-0.4, -0.2) is 65.9 Å². The Morgan fingerprint density at radius 1 is 1.27 bits per heavy atom. The van der Waals surface area contributed by atoms with Crippen molar-refractivity contribution in [3.8, 4) is 12.3 Å². The van der Waals surface area contributed by atoms with Crippen LogP contribution in [0.25, 0.3) is 10.9 Å². The topological polar surface area (TPSA) is 170 Å². The molecule has 4 N–H and O–H groups in total. The van der Waals surface area contributed by atoms with E-state index < -0.39 is 23.7 Å². The molecule has 1 atom stereocenters. The van der Waals surface area contributed by atoms with Gasteiger partial charge in [-0.2, -0.15) is 5.21 Å². The second-order valence-electron chi connectivity index (χ2n) is 9.22. The summed E-state index contributed by atoms with van der Waals surface area (Å²) in [4.78, 5) is 45.7. The van der Waals surface area contributed by atoms with Gasteiger partial charge in [0.2, 0.25) is 5.16 Å². The van der Waals surface area contributed by atoms with Crippen molar-refractivity contribution in [2.45, 2.75) is 44.4 Å². The maximum absolute atomic E-state index is 15.2. The Morgan fingerprint density at radius 2 is 2.07 bits per heavy atom. The van der Waals surface area contributed by atoms with Crippen molar-refractivity contribution < 1.29 is 19.1 Å². The van der Waals surface area contributed by atoms with Crippen LogP contribution in [0.1, 0.15) is 40.2 Å². The zero-order valence-electron chi connectivity index (χ0n) is 22.3. The summed E-state index contributed by atoms with van der Waals surface area (Å²) in [6.45, 7) is 4.00. The summed E-state index contributed by atoms with van der Waals surface area (Å²) in [5, 5.41) is 26.2. The number of carboxylic acids is 1. The number of aromatic amines is 2. The summed E-state index contributed by atoms with van der Waals surface area (Å²) < 4.78 is 15.2. The van der Waals surface area contributed by atoms with Gasteiger partial charge < -0.3 is 20.3 Å². The van der Waals surface area contributed by atoms with E-state index in [4.69, 9.17) is 6.42 Å². The number of nitrogens with one attached hydrogen (secondary N) is 3. The van der Waals surface area contributed by atoms with E-state index in [9.17, 15) is 19.5 Å². The predicted octanol–water partition coefficient (Wildman–Crippen LogP) is 2.59. The van der Waals surface area contributed by atoms with E-state index >= 15 is 4.39 Å². The maximum Gasteiger partial charge on any atom is 0.326 e. The number of H-pyrrole nitrogens is 2. The number of hydrogen-bond donors (Lipinski definition) is 4. The van der Waals surface area contributed by atoms with Crippen LogP contribution in [0.3, 0.4) is 0 Å². The summed E-state index contributed by atoms with van der Waals surface area (Å²) in [6.07, 6.45) is 6.15. The highest BCUT2D eigenvalue weighted by molar-refractivity contribution is 7.99. The molecular weight excluding hydrogens is 551 g/mol. The third kappa shape index (κ3) is 7.25. The van der Waals surface area contributed by atoms with Crippen LogP contribution in [0, 0.1) is 32.0 Å². The van der Waals surface area contributed by atoms with Crippen LogP contribution >= 0.6 is 11.8 Å². The number of carboxylic acid groups (broad SMARTS) is 1. The van der Waals surface area contributed by atoms with Crippen molar-refractivity contribution in [2.75, 3.05) is 17.2 Å². The highest BCUT2D eigenvalue weighted by Crippen LogP contribution is 2.24. The molecule has 0 fully saturated rings. The summed E-state index contributed by atoms with van der Waals surface area (Å²) in [5.41, 5.74) is 2.11. The number of thioether (sulfide) groups is 1. The zero-order valence-corrected chi connectivity index (χ0v) is 23.1. The van der Waals surface area contributed by atoms with Crippen LogP contribution in [0.2, 0.25) is 0 Å². The highest BCUT2D eigenvalue weighted by atomic mass is 32.2.